The van der Waals surface area contributed by atoms with E-state index in [1.165, 1.54) is 18.2 Å². The highest BCUT2D eigenvalue weighted by Gasteiger charge is 2.40. The number of esters is 1. The molecule has 2 heterocycles. The lowest BCUT2D eigenvalue weighted by Gasteiger charge is -2.37. The first kappa shape index (κ1) is 22.7. The van der Waals surface area contributed by atoms with Gasteiger partial charge in [0.25, 0.3) is 0 Å². The Kier molecular flexibility index (Phi) is 7.05. The normalized spacial score (nSPS) is 19.9. The first-order valence-corrected chi connectivity index (χ1v) is 10.1. The maximum atomic E-state index is 11.7. The minimum absolute atomic E-state index is 0.0927. The summed E-state index contributed by atoms with van der Waals surface area (Å²) >= 11 is 0. The molecule has 3 N–H and O–H groups in total. The van der Waals surface area contributed by atoms with Gasteiger partial charge in [0.05, 0.1) is 36.2 Å². The van der Waals surface area contributed by atoms with Crippen LogP contribution in [0.3, 0.4) is 0 Å². The number of methoxy groups -OCH3 is 1. The van der Waals surface area contributed by atoms with Crippen molar-refractivity contribution in [2.45, 2.75) is 37.2 Å². The monoisotopic (exact) mass is 435 g/mol. The van der Waals surface area contributed by atoms with E-state index in [1.54, 1.807) is 24.4 Å². The number of anilines is 2. The van der Waals surface area contributed by atoms with Crippen LogP contribution >= 0.6 is 0 Å². The summed E-state index contributed by atoms with van der Waals surface area (Å²) in [7, 11) is 1.27. The molecule has 2 aromatic rings. The van der Waals surface area contributed by atoms with Crippen LogP contribution < -0.4 is 15.4 Å². The van der Waals surface area contributed by atoms with Crippen molar-refractivity contribution in [3.05, 3.63) is 41.9 Å². The SMILES string of the molecule is C#CC1(c2ncccc2N(C=O)CC(=O)OC)CCC(Oc2cnc(N)c(C=N)c2)CC1. The van der Waals surface area contributed by atoms with Crippen LogP contribution in [0.15, 0.2) is 30.6 Å². The van der Waals surface area contributed by atoms with Crippen LogP contribution in [-0.4, -0.2) is 48.3 Å². The van der Waals surface area contributed by atoms with Crippen molar-refractivity contribution in [2.75, 3.05) is 24.3 Å². The van der Waals surface area contributed by atoms with Crippen LogP contribution in [0, 0.1) is 17.8 Å². The lowest BCUT2D eigenvalue weighted by Crippen LogP contribution is -2.38. The fourth-order valence-corrected chi connectivity index (χ4v) is 3.88. The molecule has 0 radical (unpaired) electrons. The number of amides is 1. The summed E-state index contributed by atoms with van der Waals surface area (Å²) < 4.78 is 10.7. The lowest BCUT2D eigenvalue weighted by atomic mass is 9.70. The molecule has 0 aliphatic heterocycles. The van der Waals surface area contributed by atoms with Crippen LogP contribution in [-0.2, 0) is 19.7 Å². The summed E-state index contributed by atoms with van der Waals surface area (Å²) in [4.78, 5) is 33.3. The van der Waals surface area contributed by atoms with Gasteiger partial charge in [-0.1, -0.05) is 5.92 Å². The average Bonchev–Trinajstić information content (AvgIpc) is 2.84. The lowest BCUT2D eigenvalue weighted by molar-refractivity contribution is -0.139. The molecule has 0 unspecified atom stereocenters. The highest BCUT2D eigenvalue weighted by molar-refractivity contribution is 5.86. The van der Waals surface area contributed by atoms with Crippen molar-refractivity contribution in [3.63, 3.8) is 0 Å². The summed E-state index contributed by atoms with van der Waals surface area (Å²) in [5.41, 5.74) is 6.60. The molecule has 3 rings (SSSR count). The number of carbonyl (C=O) groups is 2. The molecule has 0 atom stereocenters. The minimum Gasteiger partial charge on any atom is -0.489 e. The fraction of sp³-hybridized carbons (Fsp3) is 0.348. The Morgan fingerprint density at radius 2 is 2.19 bits per heavy atom. The molecule has 166 valence electrons. The number of nitrogens with two attached hydrogens (primary N) is 1. The first-order valence-electron chi connectivity index (χ1n) is 10.1. The Bertz CT molecular complexity index is 1040. The molecule has 0 spiro atoms. The summed E-state index contributed by atoms with van der Waals surface area (Å²) in [5.74, 6) is 3.17. The Balaban J connectivity index is 1.80. The zero-order valence-electron chi connectivity index (χ0n) is 17.8. The van der Waals surface area contributed by atoms with Gasteiger partial charge in [-0.25, -0.2) is 4.98 Å². The number of ether oxygens (including phenoxy) is 2. The fourth-order valence-electron chi connectivity index (χ4n) is 3.88. The van der Waals surface area contributed by atoms with E-state index in [4.69, 9.17) is 27.0 Å². The number of pyridine rings is 2. The Labute approximate surface area is 186 Å². The van der Waals surface area contributed by atoms with Crippen molar-refractivity contribution >= 4 is 30.1 Å². The van der Waals surface area contributed by atoms with E-state index in [0.29, 0.717) is 54.8 Å². The Morgan fingerprint density at radius 3 is 2.81 bits per heavy atom. The van der Waals surface area contributed by atoms with Crippen LogP contribution in [0.1, 0.15) is 36.9 Å². The number of terminal acetylenes is 1. The van der Waals surface area contributed by atoms with Gasteiger partial charge in [0.15, 0.2) is 0 Å². The van der Waals surface area contributed by atoms with Gasteiger partial charge in [-0.15, -0.1) is 6.42 Å². The van der Waals surface area contributed by atoms with Crippen molar-refractivity contribution in [1.82, 2.24) is 9.97 Å². The molecule has 1 aliphatic carbocycles. The van der Waals surface area contributed by atoms with Crippen molar-refractivity contribution in [3.8, 4) is 18.1 Å². The predicted molar refractivity (Wildman–Crippen MR) is 120 cm³/mol. The zero-order chi connectivity index (χ0) is 23.1. The second kappa shape index (κ2) is 9.92. The van der Waals surface area contributed by atoms with Gasteiger partial charge in [-0.3, -0.25) is 14.6 Å². The quantitative estimate of drug-likeness (QED) is 0.281. The second-order valence-corrected chi connectivity index (χ2v) is 7.51. The largest absolute Gasteiger partial charge is 0.489 e. The molecule has 1 aliphatic rings. The predicted octanol–water partition coefficient (Wildman–Crippen LogP) is 2.08. The third kappa shape index (κ3) is 4.70. The maximum Gasteiger partial charge on any atom is 0.325 e. The van der Waals surface area contributed by atoms with Crippen LogP contribution in [0.5, 0.6) is 5.75 Å². The number of nitrogens with one attached hydrogen (secondary N) is 1. The minimum atomic E-state index is -0.701. The number of nitrogen functional groups attached to an aromatic ring is 1. The molecule has 32 heavy (non-hydrogen) atoms. The highest BCUT2D eigenvalue weighted by atomic mass is 16.5. The molecule has 0 saturated heterocycles. The van der Waals surface area contributed by atoms with Gasteiger partial charge in [0.1, 0.15) is 18.1 Å². The summed E-state index contributed by atoms with van der Waals surface area (Å²) in [5, 5.41) is 7.41. The summed E-state index contributed by atoms with van der Waals surface area (Å²) in [6.45, 7) is -0.232. The molecule has 1 saturated carbocycles. The molecular formula is C23H25N5O4. The van der Waals surface area contributed by atoms with Crippen LogP contribution in [0.25, 0.3) is 0 Å². The van der Waals surface area contributed by atoms with Gasteiger partial charge >= 0.3 is 5.97 Å². The number of nitrogens with zero attached hydrogens (tertiary/aromatic N) is 3. The third-order valence-electron chi connectivity index (χ3n) is 5.65. The van der Waals surface area contributed by atoms with E-state index >= 15 is 0 Å². The second-order valence-electron chi connectivity index (χ2n) is 7.51. The van der Waals surface area contributed by atoms with E-state index in [1.807, 2.05) is 0 Å². The van der Waals surface area contributed by atoms with E-state index in [9.17, 15) is 9.59 Å². The van der Waals surface area contributed by atoms with E-state index < -0.39 is 11.4 Å². The van der Waals surface area contributed by atoms with Crippen molar-refractivity contribution in [2.24, 2.45) is 0 Å². The maximum absolute atomic E-state index is 11.7. The van der Waals surface area contributed by atoms with Gasteiger partial charge in [0, 0.05) is 18.0 Å². The molecule has 2 aromatic heterocycles. The van der Waals surface area contributed by atoms with E-state index in [0.717, 1.165) is 6.21 Å². The van der Waals surface area contributed by atoms with Crippen LogP contribution in [0.4, 0.5) is 11.5 Å². The molecule has 9 nitrogen and oxygen atoms in total. The average molecular weight is 435 g/mol. The van der Waals surface area contributed by atoms with Crippen molar-refractivity contribution in [1.29, 1.82) is 5.41 Å². The first-order chi connectivity index (χ1) is 15.5. The molecule has 1 amide bonds. The van der Waals surface area contributed by atoms with Crippen LogP contribution in [0.2, 0.25) is 0 Å². The van der Waals surface area contributed by atoms with Gasteiger partial charge in [-0.05, 0) is 43.9 Å². The third-order valence-corrected chi connectivity index (χ3v) is 5.65. The highest BCUT2D eigenvalue weighted by Crippen LogP contribution is 2.42. The van der Waals surface area contributed by atoms with Gasteiger partial charge in [-0.2, -0.15) is 0 Å². The molecular weight excluding hydrogens is 410 g/mol. The molecule has 9 heteroatoms. The van der Waals surface area contributed by atoms with Gasteiger partial charge in [0.2, 0.25) is 6.41 Å². The topological polar surface area (TPSA) is 131 Å². The smallest absolute Gasteiger partial charge is 0.325 e. The van der Waals surface area contributed by atoms with Crippen molar-refractivity contribution < 1.29 is 19.1 Å². The molecule has 0 aromatic carbocycles. The summed E-state index contributed by atoms with van der Waals surface area (Å²) in [6.07, 6.45) is 13.2. The van der Waals surface area contributed by atoms with Gasteiger partial charge < -0.3 is 25.5 Å². The number of carbonyl (C=O) groups excluding carboxylic acids is 2. The molecule has 0 bridgehead atoms. The standard InChI is InChI=1S/C23H25N5O4/c1-3-23(21-19(5-4-10-26-21)28(15-29)14-20(30)31-2)8-6-17(7-9-23)32-18-11-16(12-24)22(25)27-13-18/h1,4-5,10-13,15,17,24H,6-9,14H2,2H3,(H2,25,27). The molecule has 1 fully saturated rings. The van der Waals surface area contributed by atoms with E-state index in [-0.39, 0.29) is 18.5 Å². The van der Waals surface area contributed by atoms with E-state index in [2.05, 4.69) is 15.9 Å². The zero-order valence-corrected chi connectivity index (χ0v) is 17.8. The summed E-state index contributed by atoms with van der Waals surface area (Å²) in [6, 6.07) is 5.10. The number of rotatable bonds is 8. The number of hydrogen-bond acceptors (Lipinski definition) is 8. The number of aromatic nitrogens is 2. The number of hydrogen-bond donors (Lipinski definition) is 2. The Hall–Kier alpha value is -3.93. The Morgan fingerprint density at radius 1 is 1.44 bits per heavy atom.